The van der Waals surface area contributed by atoms with Gasteiger partial charge in [-0.1, -0.05) is 30.3 Å². The van der Waals surface area contributed by atoms with Crippen molar-refractivity contribution >= 4 is 11.9 Å². The molecule has 0 spiro atoms. The number of carbonyl (C=O) groups is 1. The Bertz CT molecular complexity index is 714. The lowest BCUT2D eigenvalue weighted by atomic mass is 10.1. The Labute approximate surface area is 105 Å². The normalized spacial score (nSPS) is 10.7. The van der Waals surface area contributed by atoms with E-state index in [1.807, 2.05) is 53.9 Å². The van der Waals surface area contributed by atoms with E-state index in [4.69, 9.17) is 0 Å². The summed E-state index contributed by atoms with van der Waals surface area (Å²) < 4.78 is 1.95. The van der Waals surface area contributed by atoms with Crippen molar-refractivity contribution in [2.45, 2.75) is 6.92 Å². The summed E-state index contributed by atoms with van der Waals surface area (Å²) >= 11 is 0. The number of aromatic nitrogens is 2. The molecule has 0 N–H and O–H groups in total. The summed E-state index contributed by atoms with van der Waals surface area (Å²) in [5.74, 6) is 0. The van der Waals surface area contributed by atoms with Crippen LogP contribution in [0.2, 0.25) is 0 Å². The molecule has 0 bridgehead atoms. The molecule has 3 heteroatoms. The van der Waals surface area contributed by atoms with Crippen molar-refractivity contribution in [3.05, 3.63) is 59.9 Å². The molecule has 0 fully saturated rings. The maximum Gasteiger partial charge on any atom is 0.151 e. The zero-order chi connectivity index (χ0) is 12.5. The Morgan fingerprint density at radius 3 is 2.61 bits per heavy atom. The summed E-state index contributed by atoms with van der Waals surface area (Å²) in [6.07, 6.45) is 2.66. The van der Waals surface area contributed by atoms with Gasteiger partial charge in [0.05, 0.1) is 5.69 Å². The highest BCUT2D eigenvalue weighted by molar-refractivity contribution is 5.76. The standard InChI is InChI=1S/C15H12N2O/c1-11-15(13-5-3-2-4-6-13)16-14-8-7-12(10-18)9-17(11)14/h2-10H,1H3. The Balaban J connectivity index is 2.26. The van der Waals surface area contributed by atoms with E-state index in [9.17, 15) is 4.79 Å². The summed E-state index contributed by atoms with van der Waals surface area (Å²) in [6.45, 7) is 2.01. The Morgan fingerprint density at radius 2 is 1.89 bits per heavy atom. The van der Waals surface area contributed by atoms with Crippen LogP contribution < -0.4 is 0 Å². The van der Waals surface area contributed by atoms with Gasteiger partial charge < -0.3 is 4.40 Å². The van der Waals surface area contributed by atoms with Gasteiger partial charge in [-0.2, -0.15) is 0 Å². The molecule has 0 aliphatic heterocycles. The first-order chi connectivity index (χ1) is 8.79. The number of aldehydes is 1. The quantitative estimate of drug-likeness (QED) is 0.641. The first-order valence-corrected chi connectivity index (χ1v) is 5.79. The van der Waals surface area contributed by atoms with Crippen LogP contribution in [0.5, 0.6) is 0 Å². The zero-order valence-corrected chi connectivity index (χ0v) is 10.00. The molecule has 3 aromatic rings. The highest BCUT2D eigenvalue weighted by Crippen LogP contribution is 2.23. The third-order valence-electron chi connectivity index (χ3n) is 3.06. The summed E-state index contributed by atoms with van der Waals surface area (Å²) in [6, 6.07) is 13.7. The lowest BCUT2D eigenvalue weighted by Gasteiger charge is -1.99. The Morgan fingerprint density at radius 1 is 1.11 bits per heavy atom. The number of pyridine rings is 1. The number of imidazole rings is 1. The number of hydrogen-bond acceptors (Lipinski definition) is 2. The third kappa shape index (κ3) is 1.61. The zero-order valence-electron chi connectivity index (χ0n) is 10.00. The van der Waals surface area contributed by atoms with E-state index in [2.05, 4.69) is 4.98 Å². The maximum absolute atomic E-state index is 10.8. The number of hydrogen-bond donors (Lipinski definition) is 0. The van der Waals surface area contributed by atoms with Crippen molar-refractivity contribution in [3.8, 4) is 11.3 Å². The number of rotatable bonds is 2. The predicted molar refractivity (Wildman–Crippen MR) is 70.8 cm³/mol. The SMILES string of the molecule is Cc1c(-c2ccccc2)nc2ccc(C=O)cn12. The van der Waals surface area contributed by atoms with Crippen LogP contribution in [-0.2, 0) is 0 Å². The van der Waals surface area contributed by atoms with Gasteiger partial charge in [-0.15, -0.1) is 0 Å². The van der Waals surface area contributed by atoms with Crippen LogP contribution in [0, 0.1) is 6.92 Å². The fourth-order valence-corrected chi connectivity index (χ4v) is 2.12. The van der Waals surface area contributed by atoms with Crippen molar-refractivity contribution in [1.29, 1.82) is 0 Å². The molecular weight excluding hydrogens is 224 g/mol. The minimum atomic E-state index is 0.655. The van der Waals surface area contributed by atoms with E-state index in [0.29, 0.717) is 5.56 Å². The highest BCUT2D eigenvalue weighted by atomic mass is 16.1. The Kier molecular flexibility index (Phi) is 2.45. The second-order valence-electron chi connectivity index (χ2n) is 4.22. The fourth-order valence-electron chi connectivity index (χ4n) is 2.12. The van der Waals surface area contributed by atoms with E-state index >= 15 is 0 Å². The molecule has 0 aliphatic rings. The molecule has 18 heavy (non-hydrogen) atoms. The van der Waals surface area contributed by atoms with Crippen molar-refractivity contribution in [2.75, 3.05) is 0 Å². The van der Waals surface area contributed by atoms with Gasteiger partial charge in [-0.3, -0.25) is 4.79 Å². The largest absolute Gasteiger partial charge is 0.303 e. The molecule has 2 heterocycles. The van der Waals surface area contributed by atoms with Crippen molar-refractivity contribution in [3.63, 3.8) is 0 Å². The van der Waals surface area contributed by atoms with Crippen LogP contribution in [0.15, 0.2) is 48.7 Å². The lowest BCUT2D eigenvalue weighted by molar-refractivity contribution is 0.112. The fraction of sp³-hybridized carbons (Fsp3) is 0.0667. The Hall–Kier alpha value is -2.42. The summed E-state index contributed by atoms with van der Waals surface area (Å²) in [7, 11) is 0. The predicted octanol–water partition coefficient (Wildman–Crippen LogP) is 3.12. The van der Waals surface area contributed by atoms with Crippen molar-refractivity contribution in [2.24, 2.45) is 0 Å². The molecule has 1 aromatic carbocycles. The van der Waals surface area contributed by atoms with Gasteiger partial charge in [0.1, 0.15) is 5.65 Å². The molecule has 0 aliphatic carbocycles. The molecule has 0 saturated carbocycles. The lowest BCUT2D eigenvalue weighted by Crippen LogP contribution is -1.90. The average molecular weight is 236 g/mol. The molecular formula is C15H12N2O. The van der Waals surface area contributed by atoms with Gasteiger partial charge in [-0.25, -0.2) is 4.98 Å². The molecule has 3 rings (SSSR count). The van der Waals surface area contributed by atoms with Gasteiger partial charge in [0, 0.05) is 23.0 Å². The number of aryl methyl sites for hydroxylation is 1. The first kappa shape index (κ1) is 10.7. The van der Waals surface area contributed by atoms with Crippen molar-refractivity contribution < 1.29 is 4.79 Å². The van der Waals surface area contributed by atoms with E-state index < -0.39 is 0 Å². The van der Waals surface area contributed by atoms with E-state index in [1.54, 1.807) is 6.07 Å². The van der Waals surface area contributed by atoms with Crippen LogP contribution in [0.4, 0.5) is 0 Å². The average Bonchev–Trinajstić information content (AvgIpc) is 2.77. The second-order valence-corrected chi connectivity index (χ2v) is 4.22. The maximum atomic E-state index is 10.8. The van der Waals surface area contributed by atoms with Crippen LogP contribution in [0.1, 0.15) is 16.1 Å². The van der Waals surface area contributed by atoms with E-state index in [-0.39, 0.29) is 0 Å². The molecule has 0 unspecified atom stereocenters. The topological polar surface area (TPSA) is 34.4 Å². The van der Waals surface area contributed by atoms with Gasteiger partial charge in [0.15, 0.2) is 6.29 Å². The smallest absolute Gasteiger partial charge is 0.151 e. The monoisotopic (exact) mass is 236 g/mol. The molecule has 0 atom stereocenters. The molecule has 0 amide bonds. The minimum absolute atomic E-state index is 0.655. The second kappa shape index (κ2) is 4.11. The molecule has 0 saturated heterocycles. The van der Waals surface area contributed by atoms with E-state index in [1.165, 1.54) is 0 Å². The van der Waals surface area contributed by atoms with Crippen LogP contribution in [0.25, 0.3) is 16.9 Å². The van der Waals surface area contributed by atoms with Gasteiger partial charge in [-0.05, 0) is 19.1 Å². The van der Waals surface area contributed by atoms with Gasteiger partial charge >= 0.3 is 0 Å². The molecule has 0 radical (unpaired) electrons. The highest BCUT2D eigenvalue weighted by Gasteiger charge is 2.09. The molecule has 2 aromatic heterocycles. The number of carbonyl (C=O) groups excluding carboxylic acids is 1. The van der Waals surface area contributed by atoms with Crippen LogP contribution >= 0.6 is 0 Å². The van der Waals surface area contributed by atoms with Crippen molar-refractivity contribution in [1.82, 2.24) is 9.38 Å². The first-order valence-electron chi connectivity index (χ1n) is 5.79. The number of benzene rings is 1. The summed E-state index contributed by atoms with van der Waals surface area (Å²) in [5.41, 5.74) is 4.60. The van der Waals surface area contributed by atoms with E-state index in [0.717, 1.165) is 28.9 Å². The van der Waals surface area contributed by atoms with Crippen LogP contribution in [0.3, 0.4) is 0 Å². The third-order valence-corrected chi connectivity index (χ3v) is 3.06. The van der Waals surface area contributed by atoms with Gasteiger partial charge in [0.25, 0.3) is 0 Å². The summed E-state index contributed by atoms with van der Waals surface area (Å²) in [5, 5.41) is 0. The molecule has 88 valence electrons. The van der Waals surface area contributed by atoms with Gasteiger partial charge in [0.2, 0.25) is 0 Å². The summed E-state index contributed by atoms with van der Waals surface area (Å²) in [4.78, 5) is 15.4. The van der Waals surface area contributed by atoms with Crippen LogP contribution in [-0.4, -0.2) is 15.7 Å². The number of nitrogens with zero attached hydrogens (tertiary/aromatic N) is 2. The molecule has 3 nitrogen and oxygen atoms in total. The number of fused-ring (bicyclic) bond motifs is 1. The minimum Gasteiger partial charge on any atom is -0.303 e.